The Morgan fingerprint density at radius 1 is 1.34 bits per heavy atom. The molecule has 2 aromatic heterocycles. The maximum atomic E-state index is 9.89. The van der Waals surface area contributed by atoms with Crippen LogP contribution < -0.4 is 10.6 Å². The van der Waals surface area contributed by atoms with E-state index in [1.807, 2.05) is 35.9 Å². The molecule has 0 bridgehead atoms. The van der Waals surface area contributed by atoms with Gasteiger partial charge in [-0.1, -0.05) is 6.92 Å². The second-order valence-electron chi connectivity index (χ2n) is 7.78. The van der Waals surface area contributed by atoms with E-state index in [4.69, 9.17) is 0 Å². The van der Waals surface area contributed by atoms with Gasteiger partial charge in [-0.2, -0.15) is 10.4 Å². The quantitative estimate of drug-likeness (QED) is 0.614. The minimum atomic E-state index is -0.436. The van der Waals surface area contributed by atoms with Crippen molar-refractivity contribution in [2.24, 2.45) is 0 Å². The van der Waals surface area contributed by atoms with Crippen LogP contribution in [0.3, 0.4) is 0 Å². The zero-order valence-electron chi connectivity index (χ0n) is 16.6. The lowest BCUT2D eigenvalue weighted by molar-refractivity contribution is 0.219. The third kappa shape index (κ3) is 3.30. The molecule has 0 radical (unpaired) electrons. The van der Waals surface area contributed by atoms with Crippen LogP contribution in [-0.2, 0) is 5.41 Å². The molecule has 148 valence electrons. The summed E-state index contributed by atoms with van der Waals surface area (Å²) in [6.45, 7) is 6.67. The fourth-order valence-electron chi connectivity index (χ4n) is 3.58. The molecule has 1 atom stereocenters. The Labute approximate surface area is 169 Å². The largest absolute Gasteiger partial charge is 0.395 e. The van der Waals surface area contributed by atoms with Gasteiger partial charge in [-0.25, -0.2) is 14.6 Å². The number of benzene rings is 1. The van der Waals surface area contributed by atoms with Gasteiger partial charge >= 0.3 is 0 Å². The van der Waals surface area contributed by atoms with Crippen LogP contribution in [0.5, 0.6) is 0 Å². The van der Waals surface area contributed by atoms with Crippen molar-refractivity contribution < 1.29 is 5.11 Å². The smallest absolute Gasteiger partial charge is 0.228 e. The lowest BCUT2D eigenvalue weighted by Crippen LogP contribution is -2.28. The number of aliphatic hydroxyl groups excluding tert-OH is 1. The molecule has 0 aliphatic carbocycles. The molecule has 3 heterocycles. The predicted octanol–water partition coefficient (Wildman–Crippen LogP) is 3.21. The number of aliphatic hydroxyl groups is 1. The fraction of sp³-hybridized carbons (Fsp3) is 0.333. The van der Waals surface area contributed by atoms with Crippen LogP contribution in [0.1, 0.15) is 37.9 Å². The molecule has 0 saturated heterocycles. The molecule has 1 aliphatic rings. The molecule has 1 aromatic carbocycles. The van der Waals surface area contributed by atoms with Crippen molar-refractivity contribution in [1.82, 2.24) is 19.7 Å². The van der Waals surface area contributed by atoms with Gasteiger partial charge in [0.05, 0.1) is 29.7 Å². The van der Waals surface area contributed by atoms with Crippen molar-refractivity contribution in [2.75, 3.05) is 23.8 Å². The summed E-state index contributed by atoms with van der Waals surface area (Å²) in [5.41, 5.74) is 3.34. The summed E-state index contributed by atoms with van der Waals surface area (Å²) >= 11 is 0. The highest BCUT2D eigenvalue weighted by Gasteiger charge is 2.35. The van der Waals surface area contributed by atoms with Gasteiger partial charge in [0, 0.05) is 35.8 Å². The number of hydrogen-bond acceptors (Lipinski definition) is 7. The number of nitrogens with one attached hydrogen (secondary N) is 2. The van der Waals surface area contributed by atoms with Crippen LogP contribution in [-0.4, -0.2) is 38.0 Å². The van der Waals surface area contributed by atoms with Gasteiger partial charge in [-0.15, -0.1) is 0 Å². The lowest BCUT2D eigenvalue weighted by atomic mass is 9.83. The maximum absolute atomic E-state index is 9.89. The Morgan fingerprint density at radius 2 is 2.17 bits per heavy atom. The van der Waals surface area contributed by atoms with E-state index in [2.05, 4.69) is 45.6 Å². The van der Waals surface area contributed by atoms with E-state index in [1.54, 1.807) is 12.4 Å². The third-order valence-corrected chi connectivity index (χ3v) is 5.26. The Kier molecular flexibility index (Phi) is 4.68. The number of nitrogens with zero attached hydrogens (tertiary/aromatic N) is 5. The van der Waals surface area contributed by atoms with E-state index >= 15 is 0 Å². The summed E-state index contributed by atoms with van der Waals surface area (Å²) in [5, 5.41) is 30.3. The monoisotopic (exact) mass is 389 g/mol. The first-order chi connectivity index (χ1) is 13.9. The van der Waals surface area contributed by atoms with Crippen molar-refractivity contribution in [1.29, 1.82) is 5.26 Å². The van der Waals surface area contributed by atoms with Crippen molar-refractivity contribution in [3.8, 4) is 17.3 Å². The number of aromatic nitrogens is 4. The Balaban J connectivity index is 1.73. The normalized spacial score (nSPS) is 17.7. The van der Waals surface area contributed by atoms with E-state index in [0.717, 1.165) is 22.6 Å². The summed E-state index contributed by atoms with van der Waals surface area (Å²) in [4.78, 5) is 8.96. The molecule has 1 aliphatic heterocycles. The molecule has 1 unspecified atom stereocenters. The molecule has 3 aromatic rings. The average Bonchev–Trinajstić information content (AvgIpc) is 3.33. The molecular weight excluding hydrogens is 366 g/mol. The molecule has 29 heavy (non-hydrogen) atoms. The van der Waals surface area contributed by atoms with Crippen molar-refractivity contribution in [3.05, 3.63) is 47.8 Å². The van der Waals surface area contributed by atoms with Crippen molar-refractivity contribution in [2.45, 2.75) is 32.2 Å². The highest BCUT2D eigenvalue weighted by atomic mass is 16.3. The first-order valence-corrected chi connectivity index (χ1v) is 9.52. The van der Waals surface area contributed by atoms with Crippen LogP contribution in [0, 0.1) is 11.3 Å². The summed E-state index contributed by atoms with van der Waals surface area (Å²) in [7, 11) is 0. The van der Waals surface area contributed by atoms with E-state index in [9.17, 15) is 10.4 Å². The molecule has 8 heteroatoms. The van der Waals surface area contributed by atoms with Crippen molar-refractivity contribution in [3.63, 3.8) is 0 Å². The molecule has 4 rings (SSSR count). The number of nitriles is 1. The SMILES string of the molecule is CC(C)n1nccc1Nc1nccc(-c2cc(C#N)c3c(c2)C(C)(CO)CN3)n1. The highest BCUT2D eigenvalue weighted by molar-refractivity contribution is 5.76. The summed E-state index contributed by atoms with van der Waals surface area (Å²) < 4.78 is 1.86. The predicted molar refractivity (Wildman–Crippen MR) is 111 cm³/mol. The van der Waals surface area contributed by atoms with Gasteiger partial charge in [0.15, 0.2) is 0 Å². The zero-order chi connectivity index (χ0) is 20.6. The Bertz CT molecular complexity index is 1100. The molecule has 8 nitrogen and oxygen atoms in total. The van der Waals surface area contributed by atoms with Gasteiger partial charge in [-0.05, 0) is 37.6 Å². The minimum Gasteiger partial charge on any atom is -0.395 e. The maximum Gasteiger partial charge on any atom is 0.228 e. The number of rotatable bonds is 5. The van der Waals surface area contributed by atoms with Crippen molar-refractivity contribution >= 4 is 17.5 Å². The first kappa shape index (κ1) is 18.9. The van der Waals surface area contributed by atoms with Crippen LogP contribution in [0.4, 0.5) is 17.5 Å². The Hall–Kier alpha value is -3.44. The molecule has 0 fully saturated rings. The van der Waals surface area contributed by atoms with Gasteiger partial charge in [0.1, 0.15) is 11.9 Å². The van der Waals surface area contributed by atoms with Gasteiger partial charge in [0.25, 0.3) is 0 Å². The van der Waals surface area contributed by atoms with E-state index < -0.39 is 5.41 Å². The third-order valence-electron chi connectivity index (χ3n) is 5.26. The number of anilines is 3. The van der Waals surface area contributed by atoms with Crippen LogP contribution in [0.15, 0.2) is 36.7 Å². The molecule has 3 N–H and O–H groups in total. The van der Waals surface area contributed by atoms with E-state index in [1.165, 1.54) is 0 Å². The lowest BCUT2D eigenvalue weighted by Gasteiger charge is -2.21. The van der Waals surface area contributed by atoms with Crippen LogP contribution in [0.25, 0.3) is 11.3 Å². The van der Waals surface area contributed by atoms with Gasteiger partial charge in [-0.3, -0.25) is 0 Å². The standard InChI is InChI=1S/C21H23N7O/c1-13(2)28-18(5-7-25-28)27-20-23-6-4-17(26-20)14-8-15(10-22)19-16(9-14)21(3,12-29)11-24-19/h4-9,13,24,29H,11-12H2,1-3H3,(H,23,26,27). The fourth-order valence-corrected chi connectivity index (χ4v) is 3.58. The van der Waals surface area contributed by atoms with Gasteiger partial charge in [0.2, 0.25) is 5.95 Å². The molecular formula is C21H23N7O. The van der Waals surface area contributed by atoms with Crippen LogP contribution in [0.2, 0.25) is 0 Å². The average molecular weight is 389 g/mol. The van der Waals surface area contributed by atoms with Gasteiger partial charge < -0.3 is 15.7 Å². The second kappa shape index (κ2) is 7.18. The second-order valence-corrected chi connectivity index (χ2v) is 7.78. The Morgan fingerprint density at radius 3 is 2.90 bits per heavy atom. The van der Waals surface area contributed by atoms with Crippen LogP contribution >= 0.6 is 0 Å². The minimum absolute atomic E-state index is 0.00288. The van der Waals surface area contributed by atoms with E-state index in [-0.39, 0.29) is 12.6 Å². The summed E-state index contributed by atoms with van der Waals surface area (Å²) in [5.74, 6) is 1.26. The number of hydrogen-bond donors (Lipinski definition) is 3. The topological polar surface area (TPSA) is 112 Å². The zero-order valence-corrected chi connectivity index (χ0v) is 16.6. The first-order valence-electron chi connectivity index (χ1n) is 9.52. The number of fused-ring (bicyclic) bond motifs is 1. The molecule has 0 spiro atoms. The highest BCUT2D eigenvalue weighted by Crippen LogP contribution is 2.41. The summed E-state index contributed by atoms with van der Waals surface area (Å²) in [6, 6.07) is 9.96. The van der Waals surface area contributed by atoms with E-state index in [0.29, 0.717) is 23.8 Å². The molecule has 0 saturated carbocycles. The summed E-state index contributed by atoms with van der Waals surface area (Å²) in [6.07, 6.45) is 3.41. The molecule has 0 amide bonds.